The molecule has 0 radical (unpaired) electrons. The van der Waals surface area contributed by atoms with Crippen LogP contribution in [0.15, 0.2) is 24.3 Å². The molecule has 0 bridgehead atoms. The molecule has 12 heavy (non-hydrogen) atoms. The molecule has 0 aliphatic carbocycles. The lowest BCUT2D eigenvalue weighted by molar-refractivity contribution is 0.265. The molecular weight excluding hydrogens is 265 g/mol. The van der Waals surface area contributed by atoms with Crippen LogP contribution in [0, 0.1) is 3.57 Å². The maximum absolute atomic E-state index is 8.74. The second-order valence-corrected chi connectivity index (χ2v) is 4.02. The standard InChI is InChI=1S/C9H12INO/c10-8-3-1-2-7(4-8)5-9(11)6-12/h1-4,9,12H,5-6,11H2/t9-/m0/s1. The van der Waals surface area contributed by atoms with Gasteiger partial charge in [-0.1, -0.05) is 12.1 Å². The highest BCUT2D eigenvalue weighted by atomic mass is 127. The lowest BCUT2D eigenvalue weighted by Gasteiger charge is -2.07. The molecule has 0 aromatic heterocycles. The quantitative estimate of drug-likeness (QED) is 0.814. The van der Waals surface area contributed by atoms with Crippen LogP contribution in [-0.4, -0.2) is 17.8 Å². The molecule has 0 saturated heterocycles. The molecule has 0 amide bonds. The summed E-state index contributed by atoms with van der Waals surface area (Å²) in [6.45, 7) is 0.0471. The SMILES string of the molecule is N[C@H](CO)Cc1cccc(I)c1. The Bertz CT molecular complexity index is 252. The fourth-order valence-corrected chi connectivity index (χ4v) is 1.64. The Morgan fingerprint density at radius 3 is 2.83 bits per heavy atom. The molecule has 66 valence electrons. The van der Waals surface area contributed by atoms with E-state index in [0.29, 0.717) is 0 Å². The van der Waals surface area contributed by atoms with Crippen molar-refractivity contribution < 1.29 is 5.11 Å². The molecule has 2 nitrogen and oxygen atoms in total. The van der Waals surface area contributed by atoms with Crippen LogP contribution in [0.2, 0.25) is 0 Å². The summed E-state index contributed by atoms with van der Waals surface area (Å²) in [5.41, 5.74) is 6.79. The lowest BCUT2D eigenvalue weighted by Crippen LogP contribution is -2.26. The van der Waals surface area contributed by atoms with Gasteiger partial charge >= 0.3 is 0 Å². The first-order valence-electron chi connectivity index (χ1n) is 3.83. The van der Waals surface area contributed by atoms with Gasteiger partial charge in [-0.25, -0.2) is 0 Å². The van der Waals surface area contributed by atoms with Crippen LogP contribution in [0.4, 0.5) is 0 Å². The van der Waals surface area contributed by atoms with Crippen LogP contribution >= 0.6 is 22.6 Å². The van der Waals surface area contributed by atoms with E-state index in [1.165, 1.54) is 9.13 Å². The topological polar surface area (TPSA) is 46.2 Å². The number of halogens is 1. The van der Waals surface area contributed by atoms with Gasteiger partial charge in [-0.15, -0.1) is 0 Å². The number of hydrogen-bond donors (Lipinski definition) is 2. The maximum atomic E-state index is 8.74. The highest BCUT2D eigenvalue weighted by Gasteiger charge is 2.01. The first-order chi connectivity index (χ1) is 5.72. The minimum absolute atomic E-state index is 0.0471. The van der Waals surface area contributed by atoms with Gasteiger partial charge < -0.3 is 10.8 Å². The fourth-order valence-electron chi connectivity index (χ4n) is 1.03. The minimum Gasteiger partial charge on any atom is -0.395 e. The predicted molar refractivity (Wildman–Crippen MR) is 57.9 cm³/mol. The zero-order valence-electron chi connectivity index (χ0n) is 6.70. The van der Waals surface area contributed by atoms with Gasteiger partial charge in [0, 0.05) is 9.61 Å². The molecule has 0 spiro atoms. The van der Waals surface area contributed by atoms with Crippen molar-refractivity contribution in [3.8, 4) is 0 Å². The summed E-state index contributed by atoms with van der Waals surface area (Å²) in [6, 6.07) is 8.01. The van der Waals surface area contributed by atoms with Crippen molar-refractivity contribution >= 4 is 22.6 Å². The minimum atomic E-state index is -0.136. The Hall–Kier alpha value is -0.130. The molecule has 0 aliphatic heterocycles. The van der Waals surface area contributed by atoms with Crippen LogP contribution in [0.25, 0.3) is 0 Å². The van der Waals surface area contributed by atoms with E-state index in [0.717, 1.165) is 6.42 Å². The van der Waals surface area contributed by atoms with Gasteiger partial charge in [0.05, 0.1) is 6.61 Å². The number of nitrogens with two attached hydrogens (primary N) is 1. The zero-order chi connectivity index (χ0) is 8.97. The second-order valence-electron chi connectivity index (χ2n) is 2.78. The average molecular weight is 277 g/mol. The van der Waals surface area contributed by atoms with Crippen LogP contribution in [0.5, 0.6) is 0 Å². The summed E-state index contributed by atoms with van der Waals surface area (Å²) in [5.74, 6) is 0. The van der Waals surface area contributed by atoms with Gasteiger partial charge in [0.25, 0.3) is 0 Å². The van der Waals surface area contributed by atoms with Crippen molar-refractivity contribution in [2.75, 3.05) is 6.61 Å². The molecule has 0 unspecified atom stereocenters. The highest BCUT2D eigenvalue weighted by Crippen LogP contribution is 2.08. The van der Waals surface area contributed by atoms with E-state index in [2.05, 4.69) is 28.7 Å². The number of aliphatic hydroxyl groups is 1. The fraction of sp³-hybridized carbons (Fsp3) is 0.333. The number of rotatable bonds is 3. The van der Waals surface area contributed by atoms with Crippen molar-refractivity contribution in [1.82, 2.24) is 0 Å². The van der Waals surface area contributed by atoms with Crippen molar-refractivity contribution in [1.29, 1.82) is 0 Å². The predicted octanol–water partition coefficient (Wildman–Crippen LogP) is 1.15. The van der Waals surface area contributed by atoms with E-state index < -0.39 is 0 Å². The normalized spacial score (nSPS) is 12.9. The largest absolute Gasteiger partial charge is 0.395 e. The summed E-state index contributed by atoms with van der Waals surface area (Å²) in [7, 11) is 0. The van der Waals surface area contributed by atoms with Gasteiger partial charge in [0.1, 0.15) is 0 Å². The van der Waals surface area contributed by atoms with Crippen LogP contribution in [0.3, 0.4) is 0 Å². The molecule has 0 saturated carbocycles. The zero-order valence-corrected chi connectivity index (χ0v) is 8.86. The van der Waals surface area contributed by atoms with Crippen molar-refractivity contribution in [2.45, 2.75) is 12.5 Å². The van der Waals surface area contributed by atoms with E-state index in [9.17, 15) is 0 Å². The highest BCUT2D eigenvalue weighted by molar-refractivity contribution is 14.1. The first-order valence-corrected chi connectivity index (χ1v) is 4.91. The first kappa shape index (κ1) is 9.95. The second kappa shape index (κ2) is 4.79. The summed E-state index contributed by atoms with van der Waals surface area (Å²) in [6.07, 6.45) is 0.743. The van der Waals surface area contributed by atoms with E-state index in [1.54, 1.807) is 0 Å². The third-order valence-corrected chi connectivity index (χ3v) is 2.29. The third kappa shape index (κ3) is 3.08. The monoisotopic (exact) mass is 277 g/mol. The molecule has 1 atom stereocenters. The lowest BCUT2D eigenvalue weighted by atomic mass is 10.1. The van der Waals surface area contributed by atoms with Crippen LogP contribution < -0.4 is 5.73 Å². The average Bonchev–Trinajstić information content (AvgIpc) is 2.04. The van der Waals surface area contributed by atoms with Gasteiger partial charge in [-0.3, -0.25) is 0 Å². The molecule has 1 aromatic rings. The van der Waals surface area contributed by atoms with Gasteiger partial charge in [-0.2, -0.15) is 0 Å². The molecule has 1 aromatic carbocycles. The maximum Gasteiger partial charge on any atom is 0.0585 e. The van der Waals surface area contributed by atoms with Crippen LogP contribution in [-0.2, 0) is 6.42 Å². The molecule has 1 rings (SSSR count). The van der Waals surface area contributed by atoms with Gasteiger partial charge in [-0.05, 0) is 46.7 Å². The smallest absolute Gasteiger partial charge is 0.0585 e. The van der Waals surface area contributed by atoms with Gasteiger partial charge in [0.15, 0.2) is 0 Å². The molecule has 3 heteroatoms. The number of aliphatic hydroxyl groups excluding tert-OH is 1. The van der Waals surface area contributed by atoms with Crippen molar-refractivity contribution in [2.24, 2.45) is 5.73 Å². The molecule has 0 heterocycles. The third-order valence-electron chi connectivity index (χ3n) is 1.62. The Morgan fingerprint density at radius 2 is 2.25 bits per heavy atom. The summed E-state index contributed by atoms with van der Waals surface area (Å²) >= 11 is 2.26. The Morgan fingerprint density at radius 1 is 1.50 bits per heavy atom. The Kier molecular flexibility index (Phi) is 3.97. The van der Waals surface area contributed by atoms with E-state index in [1.807, 2.05) is 18.2 Å². The van der Waals surface area contributed by atoms with E-state index in [4.69, 9.17) is 10.8 Å². The molecular formula is C9H12INO. The van der Waals surface area contributed by atoms with Crippen molar-refractivity contribution in [3.05, 3.63) is 33.4 Å². The van der Waals surface area contributed by atoms with Crippen LogP contribution in [0.1, 0.15) is 5.56 Å². The molecule has 3 N–H and O–H groups in total. The number of hydrogen-bond acceptors (Lipinski definition) is 2. The summed E-state index contributed by atoms with van der Waals surface area (Å²) in [4.78, 5) is 0. The van der Waals surface area contributed by atoms with Crippen molar-refractivity contribution in [3.63, 3.8) is 0 Å². The van der Waals surface area contributed by atoms with E-state index in [-0.39, 0.29) is 12.6 Å². The molecule has 0 fully saturated rings. The number of benzene rings is 1. The molecule has 0 aliphatic rings. The van der Waals surface area contributed by atoms with Gasteiger partial charge in [0.2, 0.25) is 0 Å². The Labute approximate surface area is 85.9 Å². The van der Waals surface area contributed by atoms with E-state index >= 15 is 0 Å². The summed E-state index contributed by atoms with van der Waals surface area (Å²) < 4.78 is 1.20. The Balaban J connectivity index is 2.63. The summed E-state index contributed by atoms with van der Waals surface area (Å²) in [5, 5.41) is 8.74.